The largest absolute Gasteiger partial charge is 0.462 e. The minimum absolute atomic E-state index is 0.0985. The van der Waals surface area contributed by atoms with Gasteiger partial charge in [0, 0.05) is 19.3 Å². The van der Waals surface area contributed by atoms with Gasteiger partial charge in [0.2, 0.25) is 0 Å². The average Bonchev–Trinajstić information content (AvgIpc) is 3.37. The lowest BCUT2D eigenvalue weighted by Crippen LogP contribution is -2.30. The number of carbonyl (C=O) groups is 3. The van der Waals surface area contributed by atoms with Crippen molar-refractivity contribution in [3.8, 4) is 0 Å². The van der Waals surface area contributed by atoms with E-state index in [4.69, 9.17) is 14.2 Å². The smallest absolute Gasteiger partial charge is 0.306 e. The van der Waals surface area contributed by atoms with Gasteiger partial charge in [0.15, 0.2) is 6.10 Å². The normalized spacial score (nSPS) is 12.9. The lowest BCUT2D eigenvalue weighted by molar-refractivity contribution is -0.167. The molecule has 0 aromatic rings. The molecule has 0 aliphatic heterocycles. The van der Waals surface area contributed by atoms with Gasteiger partial charge in [-0.3, -0.25) is 14.4 Å². The Balaban J connectivity index is 4.50. The van der Waals surface area contributed by atoms with E-state index in [0.29, 0.717) is 19.3 Å². The molecule has 0 fully saturated rings. The van der Waals surface area contributed by atoms with E-state index in [1.807, 2.05) is 24.3 Å². The van der Waals surface area contributed by atoms with E-state index in [9.17, 15) is 14.4 Å². The summed E-state index contributed by atoms with van der Waals surface area (Å²) in [4.78, 5) is 38.2. The molecule has 0 aromatic heterocycles. The second kappa shape index (κ2) is 58.6. The molecule has 6 nitrogen and oxygen atoms in total. The first-order valence-electron chi connectivity index (χ1n) is 29.5. The molecule has 0 spiro atoms. The van der Waals surface area contributed by atoms with Crippen molar-refractivity contribution in [1.82, 2.24) is 0 Å². The maximum atomic E-state index is 12.9. The van der Waals surface area contributed by atoms with Crippen LogP contribution in [0.1, 0.15) is 265 Å². The van der Waals surface area contributed by atoms with Crippen LogP contribution in [0.15, 0.2) is 109 Å². The molecular weight excluding hydrogens is 877 g/mol. The van der Waals surface area contributed by atoms with E-state index < -0.39 is 6.10 Å². The van der Waals surface area contributed by atoms with Gasteiger partial charge in [-0.25, -0.2) is 0 Å². The summed E-state index contributed by atoms with van der Waals surface area (Å²) in [5.74, 6) is -0.944. The van der Waals surface area contributed by atoms with Crippen LogP contribution in [0.25, 0.3) is 0 Å². The predicted octanol–water partition coefficient (Wildman–Crippen LogP) is 19.9. The lowest BCUT2D eigenvalue weighted by Gasteiger charge is -2.18. The van der Waals surface area contributed by atoms with Gasteiger partial charge in [0.05, 0.1) is 0 Å². The van der Waals surface area contributed by atoms with Crippen LogP contribution in [-0.2, 0) is 28.6 Å². The van der Waals surface area contributed by atoms with Gasteiger partial charge < -0.3 is 14.2 Å². The second-order valence-corrected chi connectivity index (χ2v) is 19.3. The zero-order valence-electron chi connectivity index (χ0n) is 46.2. The molecule has 0 aromatic carbocycles. The summed E-state index contributed by atoms with van der Waals surface area (Å²) in [5.41, 5.74) is 0. The van der Waals surface area contributed by atoms with Crippen molar-refractivity contribution in [2.45, 2.75) is 271 Å². The average molecular weight is 986 g/mol. The van der Waals surface area contributed by atoms with E-state index >= 15 is 0 Å². The fourth-order valence-electron chi connectivity index (χ4n) is 7.91. The van der Waals surface area contributed by atoms with Crippen LogP contribution in [0.4, 0.5) is 0 Å². The quantitative estimate of drug-likeness (QED) is 0.0199. The van der Waals surface area contributed by atoms with Crippen LogP contribution in [-0.4, -0.2) is 37.2 Å². The Morgan fingerprint density at radius 3 is 1.00 bits per heavy atom. The summed E-state index contributed by atoms with van der Waals surface area (Å²) in [6, 6.07) is 0. The summed E-state index contributed by atoms with van der Waals surface area (Å²) >= 11 is 0. The molecule has 0 saturated carbocycles. The van der Waals surface area contributed by atoms with E-state index in [-0.39, 0.29) is 31.1 Å². The van der Waals surface area contributed by atoms with Gasteiger partial charge in [-0.05, 0) is 96.3 Å². The SMILES string of the molecule is CCC\C=C/C=C\C=C/C=C\C=C/CCCCCCCC(=O)OCC(COC(=O)CCCCCCCCC/C=C\C/C=C\CCCCC)OC(=O)CCCCCCC/C=C\C=C/CCCCCCCCC. The topological polar surface area (TPSA) is 78.9 Å². The van der Waals surface area contributed by atoms with Gasteiger partial charge in [-0.15, -0.1) is 0 Å². The highest BCUT2D eigenvalue weighted by molar-refractivity contribution is 5.71. The first-order valence-corrected chi connectivity index (χ1v) is 29.5. The van der Waals surface area contributed by atoms with Crippen LogP contribution in [0, 0.1) is 0 Å². The second-order valence-electron chi connectivity index (χ2n) is 19.3. The van der Waals surface area contributed by atoms with Gasteiger partial charge in [-0.2, -0.15) is 0 Å². The molecule has 0 bridgehead atoms. The van der Waals surface area contributed by atoms with E-state index in [0.717, 1.165) is 116 Å². The van der Waals surface area contributed by atoms with Crippen LogP contribution < -0.4 is 0 Å². The predicted molar refractivity (Wildman–Crippen MR) is 307 cm³/mol. The van der Waals surface area contributed by atoms with Crippen molar-refractivity contribution in [3.05, 3.63) is 109 Å². The van der Waals surface area contributed by atoms with Crippen LogP contribution in [0.2, 0.25) is 0 Å². The number of unbranched alkanes of at least 4 members (excludes halogenated alkanes) is 28. The standard InChI is InChI=1S/C65H108O6/c1-4-7-10-13-16-19-22-25-28-31-34-37-40-43-46-49-52-55-58-64(67)70-61-62(60-69-63(66)57-54-51-48-45-42-39-36-33-30-27-24-21-18-15-12-9-6-3)71-65(68)59-56-53-50-47-44-41-38-35-32-29-26-23-20-17-14-11-8-5-2/h10,13,16,18-19,21-22,25,27-32,34-35,37-38,62H,4-9,11-12,14-15,17,20,23-24,26,33,36,39-61H2,1-3H3/b13-10-,19-16-,21-18-,25-22-,30-27-,31-28-,32-29-,37-34-,38-35-. The van der Waals surface area contributed by atoms with Crippen LogP contribution in [0.3, 0.4) is 0 Å². The van der Waals surface area contributed by atoms with E-state index in [1.54, 1.807) is 0 Å². The Bertz CT molecular complexity index is 1460. The maximum absolute atomic E-state index is 12.9. The van der Waals surface area contributed by atoms with Crippen molar-refractivity contribution < 1.29 is 28.6 Å². The minimum atomic E-state index is -0.804. The molecule has 0 amide bonds. The fourth-order valence-corrected chi connectivity index (χ4v) is 7.91. The number of ether oxygens (including phenoxy) is 3. The van der Waals surface area contributed by atoms with Crippen molar-refractivity contribution in [3.63, 3.8) is 0 Å². The molecule has 71 heavy (non-hydrogen) atoms. The van der Waals surface area contributed by atoms with Gasteiger partial charge >= 0.3 is 17.9 Å². The first-order chi connectivity index (χ1) is 35.0. The van der Waals surface area contributed by atoms with Crippen LogP contribution in [0.5, 0.6) is 0 Å². The monoisotopic (exact) mass is 985 g/mol. The van der Waals surface area contributed by atoms with E-state index in [2.05, 4.69) is 106 Å². The van der Waals surface area contributed by atoms with Crippen molar-refractivity contribution in [2.75, 3.05) is 13.2 Å². The number of allylic oxidation sites excluding steroid dienone is 18. The summed E-state index contributed by atoms with van der Waals surface area (Å²) in [6.07, 6.45) is 79.2. The summed E-state index contributed by atoms with van der Waals surface area (Å²) in [5, 5.41) is 0. The van der Waals surface area contributed by atoms with Gasteiger partial charge in [0.25, 0.3) is 0 Å². The third-order valence-electron chi connectivity index (χ3n) is 12.4. The summed E-state index contributed by atoms with van der Waals surface area (Å²) < 4.78 is 16.9. The first kappa shape index (κ1) is 67.1. The molecular formula is C65H108O6. The molecule has 6 heteroatoms. The number of rotatable bonds is 52. The molecule has 1 atom stereocenters. The zero-order valence-corrected chi connectivity index (χ0v) is 46.2. The van der Waals surface area contributed by atoms with Crippen molar-refractivity contribution in [2.24, 2.45) is 0 Å². The van der Waals surface area contributed by atoms with Gasteiger partial charge in [-0.1, -0.05) is 259 Å². The molecule has 1 unspecified atom stereocenters. The molecule has 404 valence electrons. The maximum Gasteiger partial charge on any atom is 0.306 e. The molecule has 0 radical (unpaired) electrons. The highest BCUT2D eigenvalue weighted by Crippen LogP contribution is 2.14. The van der Waals surface area contributed by atoms with Gasteiger partial charge in [0.1, 0.15) is 13.2 Å². The minimum Gasteiger partial charge on any atom is -0.462 e. The molecule has 0 aliphatic carbocycles. The number of hydrogen-bond acceptors (Lipinski definition) is 6. The van der Waals surface area contributed by atoms with E-state index in [1.165, 1.54) is 109 Å². The number of carbonyl (C=O) groups excluding carboxylic acids is 3. The fraction of sp³-hybridized carbons (Fsp3) is 0.677. The lowest BCUT2D eigenvalue weighted by atomic mass is 10.1. The number of esters is 3. The molecule has 0 N–H and O–H groups in total. The molecule has 0 saturated heterocycles. The zero-order chi connectivity index (χ0) is 51.4. The molecule has 0 heterocycles. The number of hydrogen-bond donors (Lipinski definition) is 0. The summed E-state index contributed by atoms with van der Waals surface area (Å²) in [6.45, 7) is 6.49. The third kappa shape index (κ3) is 56.9. The Kier molecular flexibility index (Phi) is 55.4. The summed E-state index contributed by atoms with van der Waals surface area (Å²) in [7, 11) is 0. The highest BCUT2D eigenvalue weighted by Gasteiger charge is 2.19. The van der Waals surface area contributed by atoms with Crippen LogP contribution >= 0.6 is 0 Å². The highest BCUT2D eigenvalue weighted by atomic mass is 16.6. The van der Waals surface area contributed by atoms with Crippen molar-refractivity contribution in [1.29, 1.82) is 0 Å². The Labute approximate surface area is 438 Å². The Hall–Kier alpha value is -3.93. The Morgan fingerprint density at radius 2 is 0.592 bits per heavy atom. The van der Waals surface area contributed by atoms with Crippen molar-refractivity contribution >= 4 is 17.9 Å². The Morgan fingerprint density at radius 1 is 0.296 bits per heavy atom. The third-order valence-corrected chi connectivity index (χ3v) is 12.4. The molecule has 0 aliphatic rings. The molecule has 0 rings (SSSR count).